The topological polar surface area (TPSA) is 83.6 Å². The van der Waals surface area contributed by atoms with E-state index in [4.69, 9.17) is 0 Å². The molecular weight excluding hydrogens is 298 g/mol. The van der Waals surface area contributed by atoms with Crippen LogP contribution in [0.15, 0.2) is 35.7 Å². The highest BCUT2D eigenvalue weighted by molar-refractivity contribution is 7.98. The van der Waals surface area contributed by atoms with Gasteiger partial charge in [0, 0.05) is 24.5 Å². The van der Waals surface area contributed by atoms with Gasteiger partial charge in [-0.3, -0.25) is 4.79 Å². The standard InChI is InChI=1S/C15H15N5OS/c1-3-13-19-11-5-4-10(6-12(11)20-13)18-14(21)9-7-16-15(22-2)17-8-9/h4-8H,3H2,1-2H3,(H,18,21)(H,19,20). The fourth-order valence-electron chi connectivity index (χ4n) is 2.05. The number of hydrogen-bond acceptors (Lipinski definition) is 5. The van der Waals surface area contributed by atoms with Crippen LogP contribution in [0.3, 0.4) is 0 Å². The molecule has 3 rings (SSSR count). The number of carbonyl (C=O) groups is 1. The van der Waals surface area contributed by atoms with E-state index in [2.05, 4.69) is 25.3 Å². The monoisotopic (exact) mass is 313 g/mol. The van der Waals surface area contributed by atoms with Gasteiger partial charge in [-0.25, -0.2) is 15.0 Å². The first kappa shape index (κ1) is 14.5. The number of imidazole rings is 1. The van der Waals surface area contributed by atoms with E-state index in [1.165, 1.54) is 24.2 Å². The van der Waals surface area contributed by atoms with Crippen LogP contribution in [0.2, 0.25) is 0 Å². The van der Waals surface area contributed by atoms with E-state index in [1.807, 2.05) is 31.4 Å². The molecule has 112 valence electrons. The van der Waals surface area contributed by atoms with Crippen LogP contribution in [0.4, 0.5) is 5.69 Å². The van der Waals surface area contributed by atoms with Crippen molar-refractivity contribution >= 4 is 34.4 Å². The summed E-state index contributed by atoms with van der Waals surface area (Å²) in [4.78, 5) is 28.0. The third-order valence-electron chi connectivity index (χ3n) is 3.20. The number of fused-ring (bicyclic) bond motifs is 1. The van der Waals surface area contributed by atoms with Gasteiger partial charge in [-0.05, 0) is 24.5 Å². The molecule has 0 aliphatic rings. The van der Waals surface area contributed by atoms with E-state index >= 15 is 0 Å². The summed E-state index contributed by atoms with van der Waals surface area (Å²) in [7, 11) is 0. The molecule has 0 fully saturated rings. The summed E-state index contributed by atoms with van der Waals surface area (Å²) in [6.45, 7) is 2.04. The fraction of sp³-hybridized carbons (Fsp3) is 0.200. The van der Waals surface area contributed by atoms with Crippen LogP contribution in [0, 0.1) is 0 Å². The molecule has 2 N–H and O–H groups in total. The summed E-state index contributed by atoms with van der Waals surface area (Å²) in [6, 6.07) is 5.59. The van der Waals surface area contributed by atoms with Crippen LogP contribution >= 0.6 is 11.8 Å². The molecule has 0 aliphatic heterocycles. The minimum atomic E-state index is -0.234. The highest BCUT2D eigenvalue weighted by atomic mass is 32.2. The van der Waals surface area contributed by atoms with Crippen molar-refractivity contribution in [3.8, 4) is 0 Å². The molecular formula is C15H15N5OS. The molecule has 0 atom stereocenters. The third kappa shape index (κ3) is 2.94. The Balaban J connectivity index is 1.80. The molecule has 6 nitrogen and oxygen atoms in total. The number of aromatic nitrogens is 4. The van der Waals surface area contributed by atoms with E-state index < -0.39 is 0 Å². The largest absolute Gasteiger partial charge is 0.342 e. The summed E-state index contributed by atoms with van der Waals surface area (Å²) in [5.41, 5.74) is 2.93. The molecule has 3 aromatic rings. The van der Waals surface area contributed by atoms with Gasteiger partial charge in [0.2, 0.25) is 0 Å². The van der Waals surface area contributed by atoms with Crippen LogP contribution in [-0.2, 0) is 6.42 Å². The first-order chi connectivity index (χ1) is 10.7. The lowest BCUT2D eigenvalue weighted by Crippen LogP contribution is -2.12. The predicted octanol–water partition coefficient (Wildman–Crippen LogP) is 2.89. The number of H-pyrrole nitrogens is 1. The van der Waals surface area contributed by atoms with Gasteiger partial charge in [0.25, 0.3) is 5.91 Å². The summed E-state index contributed by atoms with van der Waals surface area (Å²) in [6.07, 6.45) is 5.78. The van der Waals surface area contributed by atoms with Crippen LogP contribution < -0.4 is 5.32 Å². The van der Waals surface area contributed by atoms with Crippen LogP contribution in [0.25, 0.3) is 11.0 Å². The van der Waals surface area contributed by atoms with Gasteiger partial charge in [-0.2, -0.15) is 0 Å². The van der Waals surface area contributed by atoms with Crippen molar-refractivity contribution in [2.45, 2.75) is 18.5 Å². The van der Waals surface area contributed by atoms with E-state index in [0.717, 1.165) is 23.3 Å². The molecule has 0 radical (unpaired) electrons. The molecule has 0 unspecified atom stereocenters. The number of thioether (sulfide) groups is 1. The van der Waals surface area contributed by atoms with Gasteiger partial charge < -0.3 is 10.3 Å². The van der Waals surface area contributed by atoms with Gasteiger partial charge >= 0.3 is 0 Å². The van der Waals surface area contributed by atoms with Gasteiger partial charge in [-0.1, -0.05) is 18.7 Å². The number of nitrogens with zero attached hydrogens (tertiary/aromatic N) is 3. The van der Waals surface area contributed by atoms with Crippen molar-refractivity contribution in [3.05, 3.63) is 42.0 Å². The zero-order valence-electron chi connectivity index (χ0n) is 12.3. The normalized spacial score (nSPS) is 10.8. The molecule has 0 aliphatic carbocycles. The number of rotatable bonds is 4. The second-order valence-corrected chi connectivity index (χ2v) is 5.45. The third-order valence-corrected chi connectivity index (χ3v) is 3.77. The van der Waals surface area contributed by atoms with Gasteiger partial charge in [-0.15, -0.1) is 0 Å². The zero-order valence-corrected chi connectivity index (χ0v) is 13.1. The summed E-state index contributed by atoms with van der Waals surface area (Å²) >= 11 is 1.43. The van der Waals surface area contributed by atoms with E-state index in [9.17, 15) is 4.79 Å². The number of carbonyl (C=O) groups excluding carboxylic acids is 1. The highest BCUT2D eigenvalue weighted by Crippen LogP contribution is 2.18. The number of aryl methyl sites for hydroxylation is 1. The van der Waals surface area contributed by atoms with Crippen molar-refractivity contribution in [2.24, 2.45) is 0 Å². The van der Waals surface area contributed by atoms with Gasteiger partial charge in [0.15, 0.2) is 5.16 Å². The second kappa shape index (κ2) is 6.15. The molecule has 1 aromatic carbocycles. The van der Waals surface area contributed by atoms with Crippen molar-refractivity contribution < 1.29 is 4.79 Å². The predicted molar refractivity (Wildman–Crippen MR) is 87.2 cm³/mol. The Morgan fingerprint density at radius 3 is 2.77 bits per heavy atom. The lowest BCUT2D eigenvalue weighted by molar-refractivity contribution is 0.102. The molecule has 2 aromatic heterocycles. The van der Waals surface area contributed by atoms with Crippen molar-refractivity contribution in [3.63, 3.8) is 0 Å². The summed E-state index contributed by atoms with van der Waals surface area (Å²) in [5.74, 6) is 0.696. The molecule has 0 saturated carbocycles. The lowest BCUT2D eigenvalue weighted by Gasteiger charge is -2.05. The lowest BCUT2D eigenvalue weighted by atomic mass is 10.2. The zero-order chi connectivity index (χ0) is 15.5. The second-order valence-electron chi connectivity index (χ2n) is 4.68. The van der Waals surface area contributed by atoms with Crippen LogP contribution in [0.1, 0.15) is 23.1 Å². The average molecular weight is 313 g/mol. The molecule has 0 saturated heterocycles. The van der Waals surface area contributed by atoms with Crippen molar-refractivity contribution in [2.75, 3.05) is 11.6 Å². The molecule has 7 heteroatoms. The molecule has 2 heterocycles. The smallest absolute Gasteiger partial charge is 0.258 e. The maximum Gasteiger partial charge on any atom is 0.258 e. The fourth-order valence-corrected chi connectivity index (χ4v) is 2.37. The number of amides is 1. The average Bonchev–Trinajstić information content (AvgIpc) is 2.97. The Morgan fingerprint density at radius 2 is 2.09 bits per heavy atom. The maximum atomic E-state index is 12.2. The Bertz CT molecular complexity index is 812. The number of aromatic amines is 1. The molecule has 0 bridgehead atoms. The first-order valence-electron chi connectivity index (χ1n) is 6.85. The first-order valence-corrected chi connectivity index (χ1v) is 8.08. The van der Waals surface area contributed by atoms with E-state index in [0.29, 0.717) is 16.4 Å². The van der Waals surface area contributed by atoms with Crippen LogP contribution in [-0.4, -0.2) is 32.1 Å². The molecule has 0 spiro atoms. The van der Waals surface area contributed by atoms with Crippen molar-refractivity contribution in [1.82, 2.24) is 19.9 Å². The highest BCUT2D eigenvalue weighted by Gasteiger charge is 2.09. The Kier molecular flexibility index (Phi) is 4.06. The van der Waals surface area contributed by atoms with E-state index in [1.54, 1.807) is 0 Å². The Morgan fingerprint density at radius 1 is 1.32 bits per heavy atom. The Hall–Kier alpha value is -2.41. The summed E-state index contributed by atoms with van der Waals surface area (Å²) in [5, 5.41) is 3.48. The van der Waals surface area contributed by atoms with E-state index in [-0.39, 0.29) is 5.91 Å². The van der Waals surface area contributed by atoms with Gasteiger partial charge in [0.05, 0.1) is 16.6 Å². The Labute approximate surface area is 131 Å². The van der Waals surface area contributed by atoms with Crippen LogP contribution in [0.5, 0.6) is 0 Å². The summed E-state index contributed by atoms with van der Waals surface area (Å²) < 4.78 is 0. The molecule has 22 heavy (non-hydrogen) atoms. The number of nitrogens with one attached hydrogen (secondary N) is 2. The number of hydrogen-bond donors (Lipinski definition) is 2. The number of anilines is 1. The minimum Gasteiger partial charge on any atom is -0.342 e. The minimum absolute atomic E-state index is 0.234. The van der Waals surface area contributed by atoms with Crippen molar-refractivity contribution in [1.29, 1.82) is 0 Å². The number of benzene rings is 1. The SMILES string of the molecule is CCc1nc2ccc(NC(=O)c3cnc(SC)nc3)cc2[nH]1. The molecule has 1 amide bonds. The maximum absolute atomic E-state index is 12.2. The quantitative estimate of drug-likeness (QED) is 0.571. The van der Waals surface area contributed by atoms with Gasteiger partial charge in [0.1, 0.15) is 5.82 Å².